The van der Waals surface area contributed by atoms with Crippen LogP contribution in [0.3, 0.4) is 0 Å². The molecule has 54 heavy (non-hydrogen) atoms. The zero-order valence-corrected chi connectivity index (χ0v) is 29.8. The number of furan rings is 1. The van der Waals surface area contributed by atoms with E-state index in [1.165, 1.54) is 42.4 Å². The lowest BCUT2D eigenvalue weighted by Gasteiger charge is -2.26. The van der Waals surface area contributed by atoms with E-state index in [4.69, 9.17) is 13.8 Å². The van der Waals surface area contributed by atoms with E-state index < -0.39 is 0 Å². The number of fused-ring (bicyclic) bond motifs is 8. The van der Waals surface area contributed by atoms with Crippen molar-refractivity contribution in [1.82, 2.24) is 4.98 Å². The van der Waals surface area contributed by atoms with E-state index in [1.54, 1.807) is 0 Å². The standard InChI is InChI=1S/C49H30N2O2S/c1-3-10-31(11-4-1)32-18-22-35(23-19-32)51(36-24-20-33(21-25-36)38-15-9-17-45-46(38)39-14-7-8-16-44(39)54-45)37-26-27-41-40(30-37)47-42(52-41)28-29-43-48(47)50-49(53-43)34-12-5-2-6-13-34/h1-30H. The second-order valence-corrected chi connectivity index (χ2v) is 14.6. The smallest absolute Gasteiger partial charge is 0.227 e. The maximum absolute atomic E-state index is 6.41. The molecule has 5 heteroatoms. The third kappa shape index (κ3) is 5.01. The molecule has 0 saturated carbocycles. The van der Waals surface area contributed by atoms with Crippen LogP contribution in [0.4, 0.5) is 17.1 Å². The van der Waals surface area contributed by atoms with Gasteiger partial charge in [-0.2, -0.15) is 0 Å². The Labute approximate surface area is 314 Å². The largest absolute Gasteiger partial charge is 0.456 e. The fraction of sp³-hybridized carbons (Fsp3) is 0. The van der Waals surface area contributed by atoms with Crippen molar-refractivity contribution in [3.05, 3.63) is 182 Å². The Morgan fingerprint density at radius 2 is 1.02 bits per heavy atom. The minimum absolute atomic E-state index is 0.593. The highest BCUT2D eigenvalue weighted by molar-refractivity contribution is 7.25. The molecule has 4 nitrogen and oxygen atoms in total. The van der Waals surface area contributed by atoms with Crippen LogP contribution in [0.25, 0.3) is 86.9 Å². The van der Waals surface area contributed by atoms with Crippen LogP contribution in [0, 0.1) is 0 Å². The lowest BCUT2D eigenvalue weighted by Crippen LogP contribution is -2.09. The molecule has 0 amide bonds. The van der Waals surface area contributed by atoms with E-state index in [9.17, 15) is 0 Å². The number of rotatable bonds is 6. The van der Waals surface area contributed by atoms with E-state index in [-0.39, 0.29) is 0 Å². The molecular weight excluding hydrogens is 681 g/mol. The number of hydrogen-bond donors (Lipinski definition) is 0. The zero-order chi connectivity index (χ0) is 35.6. The summed E-state index contributed by atoms with van der Waals surface area (Å²) >= 11 is 1.85. The summed E-state index contributed by atoms with van der Waals surface area (Å²) in [5, 5.41) is 4.54. The van der Waals surface area contributed by atoms with E-state index >= 15 is 0 Å². The predicted molar refractivity (Wildman–Crippen MR) is 225 cm³/mol. The van der Waals surface area contributed by atoms with Crippen molar-refractivity contribution in [2.24, 2.45) is 0 Å². The Hall–Kier alpha value is -6.95. The molecule has 8 aromatic carbocycles. The van der Waals surface area contributed by atoms with Gasteiger partial charge in [0.25, 0.3) is 0 Å². The van der Waals surface area contributed by atoms with Crippen LogP contribution in [0.2, 0.25) is 0 Å². The minimum atomic E-state index is 0.593. The minimum Gasteiger partial charge on any atom is -0.456 e. The average Bonchev–Trinajstić information content (AvgIpc) is 3.95. The molecular formula is C49H30N2O2S. The molecule has 0 N–H and O–H groups in total. The van der Waals surface area contributed by atoms with Gasteiger partial charge >= 0.3 is 0 Å². The van der Waals surface area contributed by atoms with Crippen LogP contribution < -0.4 is 4.90 Å². The highest BCUT2D eigenvalue weighted by atomic mass is 32.1. The van der Waals surface area contributed by atoms with Gasteiger partial charge in [-0.15, -0.1) is 11.3 Å². The summed E-state index contributed by atoms with van der Waals surface area (Å²) in [6.45, 7) is 0. The molecule has 11 rings (SSSR count). The lowest BCUT2D eigenvalue weighted by molar-refractivity contribution is 0.619. The van der Waals surface area contributed by atoms with Crippen LogP contribution in [-0.2, 0) is 0 Å². The maximum Gasteiger partial charge on any atom is 0.227 e. The van der Waals surface area contributed by atoms with Crippen molar-refractivity contribution < 1.29 is 8.83 Å². The lowest BCUT2D eigenvalue weighted by atomic mass is 9.99. The van der Waals surface area contributed by atoms with Gasteiger partial charge in [-0.25, -0.2) is 4.98 Å². The van der Waals surface area contributed by atoms with Gasteiger partial charge in [0.2, 0.25) is 5.89 Å². The summed E-state index contributed by atoms with van der Waals surface area (Å²) in [6.07, 6.45) is 0. The second-order valence-electron chi connectivity index (χ2n) is 13.5. The topological polar surface area (TPSA) is 42.4 Å². The van der Waals surface area contributed by atoms with E-state index in [2.05, 4.69) is 144 Å². The summed E-state index contributed by atoms with van der Waals surface area (Å²) < 4.78 is 15.3. The van der Waals surface area contributed by atoms with Crippen LogP contribution in [0.15, 0.2) is 191 Å². The number of hydrogen-bond acceptors (Lipinski definition) is 5. The Bertz CT molecular complexity index is 3140. The summed E-state index contributed by atoms with van der Waals surface area (Å²) in [5.41, 5.74) is 11.9. The molecule has 0 spiro atoms. The van der Waals surface area contributed by atoms with Gasteiger partial charge in [-0.05, 0) is 101 Å². The van der Waals surface area contributed by atoms with Crippen molar-refractivity contribution in [3.8, 4) is 33.7 Å². The molecule has 0 atom stereocenters. The van der Waals surface area contributed by atoms with Gasteiger partial charge in [0.1, 0.15) is 16.7 Å². The summed E-state index contributed by atoms with van der Waals surface area (Å²) in [7, 11) is 0. The number of thiophene rings is 1. The third-order valence-corrected chi connectivity index (χ3v) is 11.5. The number of anilines is 3. The maximum atomic E-state index is 6.41. The van der Waals surface area contributed by atoms with Gasteiger partial charge in [0.15, 0.2) is 5.58 Å². The summed E-state index contributed by atoms with van der Waals surface area (Å²) in [6, 6.07) is 64.0. The zero-order valence-electron chi connectivity index (χ0n) is 28.9. The molecule has 0 aliphatic heterocycles. The molecule has 3 aromatic heterocycles. The average molecular weight is 711 g/mol. The fourth-order valence-corrected chi connectivity index (χ4v) is 8.90. The van der Waals surface area contributed by atoms with Crippen LogP contribution in [0.5, 0.6) is 0 Å². The first-order valence-electron chi connectivity index (χ1n) is 18.0. The van der Waals surface area contributed by atoms with Crippen molar-refractivity contribution in [2.75, 3.05) is 4.90 Å². The van der Waals surface area contributed by atoms with Gasteiger partial charge in [-0.1, -0.05) is 103 Å². The summed E-state index contributed by atoms with van der Waals surface area (Å²) in [4.78, 5) is 7.31. The van der Waals surface area contributed by atoms with Crippen LogP contribution >= 0.6 is 11.3 Å². The second kappa shape index (κ2) is 12.3. The van der Waals surface area contributed by atoms with Crippen LogP contribution in [-0.4, -0.2) is 4.98 Å². The molecule has 0 radical (unpaired) electrons. The molecule has 0 aliphatic carbocycles. The monoisotopic (exact) mass is 710 g/mol. The molecule has 0 bridgehead atoms. The molecule has 0 aliphatic rings. The quantitative estimate of drug-likeness (QED) is 0.172. The Morgan fingerprint density at radius 3 is 1.80 bits per heavy atom. The third-order valence-electron chi connectivity index (χ3n) is 10.3. The first kappa shape index (κ1) is 30.7. The molecule has 11 aromatic rings. The molecule has 0 saturated heterocycles. The SMILES string of the molecule is c1ccc(-c2ccc(N(c3ccc(-c4cccc5sc6ccccc6c45)cc3)c3ccc4oc5ccc6oc(-c7ccccc7)nc6c5c4c3)cc2)cc1. The molecule has 254 valence electrons. The molecule has 0 unspecified atom stereocenters. The van der Waals surface area contributed by atoms with E-state index in [0.29, 0.717) is 5.89 Å². The Kier molecular flexibility index (Phi) is 7.00. The summed E-state index contributed by atoms with van der Waals surface area (Å²) in [5.74, 6) is 0.593. The van der Waals surface area contributed by atoms with Gasteiger partial charge in [0, 0.05) is 48.2 Å². The van der Waals surface area contributed by atoms with E-state index in [1.807, 2.05) is 53.8 Å². The predicted octanol–water partition coefficient (Wildman–Crippen LogP) is 14.6. The van der Waals surface area contributed by atoms with Gasteiger partial charge in [-0.3, -0.25) is 0 Å². The highest BCUT2D eigenvalue weighted by Gasteiger charge is 2.20. The van der Waals surface area contributed by atoms with Crippen LogP contribution in [0.1, 0.15) is 0 Å². The number of oxazole rings is 1. The first-order valence-corrected chi connectivity index (χ1v) is 18.8. The number of aromatic nitrogens is 1. The van der Waals surface area contributed by atoms with Gasteiger partial charge in [0.05, 0.1) is 5.39 Å². The Balaban J connectivity index is 1.07. The van der Waals surface area contributed by atoms with Crippen molar-refractivity contribution in [3.63, 3.8) is 0 Å². The van der Waals surface area contributed by atoms with E-state index in [0.717, 1.165) is 55.7 Å². The Morgan fingerprint density at radius 1 is 0.407 bits per heavy atom. The molecule has 0 fully saturated rings. The van der Waals surface area contributed by atoms with Crippen molar-refractivity contribution in [2.45, 2.75) is 0 Å². The normalized spacial score (nSPS) is 11.7. The van der Waals surface area contributed by atoms with Gasteiger partial charge < -0.3 is 13.7 Å². The number of nitrogens with zero attached hydrogens (tertiary/aromatic N) is 2. The fourth-order valence-electron chi connectivity index (χ4n) is 7.77. The first-order chi connectivity index (χ1) is 26.7. The number of benzene rings is 8. The molecule has 3 heterocycles. The van der Waals surface area contributed by atoms with Crippen molar-refractivity contribution in [1.29, 1.82) is 0 Å². The van der Waals surface area contributed by atoms with Crippen molar-refractivity contribution >= 4 is 81.6 Å². The highest BCUT2D eigenvalue weighted by Crippen LogP contribution is 2.44.